The molecule has 0 saturated carbocycles. The average Bonchev–Trinajstić information content (AvgIpc) is 3.12. The zero-order chi connectivity index (χ0) is 19.9. The molecule has 3 rings (SSSR count). The number of fused-ring (bicyclic) bond motifs is 1. The summed E-state index contributed by atoms with van der Waals surface area (Å²) >= 11 is 1.36. The molecule has 1 aromatic carbocycles. The highest BCUT2D eigenvalue weighted by Crippen LogP contribution is 2.25. The van der Waals surface area contributed by atoms with E-state index in [9.17, 15) is 9.18 Å². The van der Waals surface area contributed by atoms with Crippen molar-refractivity contribution in [1.82, 2.24) is 25.1 Å². The van der Waals surface area contributed by atoms with Crippen LogP contribution in [-0.2, 0) is 4.79 Å². The highest BCUT2D eigenvalue weighted by atomic mass is 32.2. The van der Waals surface area contributed by atoms with Gasteiger partial charge in [-0.1, -0.05) is 37.9 Å². The lowest BCUT2D eigenvalue weighted by Gasteiger charge is -2.13. The maximum atomic E-state index is 13.2. The van der Waals surface area contributed by atoms with Gasteiger partial charge in [0.05, 0.1) is 23.0 Å². The van der Waals surface area contributed by atoms with E-state index in [2.05, 4.69) is 27.3 Å². The molecule has 2 heterocycles. The van der Waals surface area contributed by atoms with E-state index < -0.39 is 0 Å². The highest BCUT2D eigenvalue weighted by Gasteiger charge is 2.14. The second-order valence-electron chi connectivity index (χ2n) is 6.70. The summed E-state index contributed by atoms with van der Waals surface area (Å²) in [6.45, 7) is 4.20. The summed E-state index contributed by atoms with van der Waals surface area (Å²) in [5.41, 5.74) is 1.34. The van der Waals surface area contributed by atoms with E-state index in [1.54, 1.807) is 23.0 Å². The summed E-state index contributed by atoms with van der Waals surface area (Å²) in [5, 5.41) is 8.85. The molecule has 0 radical (unpaired) electrons. The Hall–Kier alpha value is -2.48. The third-order valence-electron chi connectivity index (χ3n) is 4.39. The van der Waals surface area contributed by atoms with Gasteiger partial charge in [-0.25, -0.2) is 19.0 Å². The molecule has 2 aromatic heterocycles. The van der Waals surface area contributed by atoms with E-state index in [4.69, 9.17) is 0 Å². The van der Waals surface area contributed by atoms with Crippen LogP contribution in [0.1, 0.15) is 39.5 Å². The zero-order valence-electron chi connectivity index (χ0n) is 16.1. The van der Waals surface area contributed by atoms with Crippen LogP contribution >= 0.6 is 11.8 Å². The maximum absolute atomic E-state index is 13.2. The van der Waals surface area contributed by atoms with Gasteiger partial charge >= 0.3 is 0 Å². The first kappa shape index (κ1) is 20.3. The quantitative estimate of drug-likeness (QED) is 0.332. The van der Waals surface area contributed by atoms with Crippen molar-refractivity contribution >= 4 is 28.7 Å². The van der Waals surface area contributed by atoms with Gasteiger partial charge in [-0.3, -0.25) is 4.79 Å². The molecule has 1 amide bonds. The van der Waals surface area contributed by atoms with Crippen LogP contribution in [0.3, 0.4) is 0 Å². The fraction of sp³-hybridized carbons (Fsp3) is 0.400. The first-order chi connectivity index (χ1) is 13.6. The standard InChI is InChI=1S/C20H24FN5OS/c1-3-4-5-6-14(2)25-18(27)12-28-20-17-11-24-26(19(17)22-13-23-20)16-9-7-15(21)8-10-16/h7-11,13-14H,3-6,12H2,1-2H3,(H,25,27). The third kappa shape index (κ3) is 5.07. The number of carbonyl (C=O) groups excluding carboxylic acids is 1. The van der Waals surface area contributed by atoms with Crippen LogP contribution in [0.15, 0.2) is 41.8 Å². The minimum absolute atomic E-state index is 0.00770. The van der Waals surface area contributed by atoms with E-state index in [0.29, 0.717) is 16.4 Å². The number of nitrogens with zero attached hydrogens (tertiary/aromatic N) is 4. The van der Waals surface area contributed by atoms with Crippen LogP contribution in [0.4, 0.5) is 4.39 Å². The average molecular weight is 402 g/mol. The molecular formula is C20H24FN5OS. The minimum Gasteiger partial charge on any atom is -0.353 e. The van der Waals surface area contributed by atoms with Crippen molar-refractivity contribution in [2.45, 2.75) is 50.6 Å². The van der Waals surface area contributed by atoms with Crippen molar-refractivity contribution in [3.05, 3.63) is 42.6 Å². The predicted molar refractivity (Wildman–Crippen MR) is 109 cm³/mol. The van der Waals surface area contributed by atoms with Crippen LogP contribution in [0.5, 0.6) is 0 Å². The Bertz CT molecular complexity index is 928. The van der Waals surface area contributed by atoms with Gasteiger partial charge in [0.2, 0.25) is 5.91 Å². The molecule has 0 saturated heterocycles. The number of benzene rings is 1. The van der Waals surface area contributed by atoms with Crippen molar-refractivity contribution in [2.75, 3.05) is 5.75 Å². The minimum atomic E-state index is -0.305. The van der Waals surface area contributed by atoms with Gasteiger partial charge in [0, 0.05) is 6.04 Å². The summed E-state index contributed by atoms with van der Waals surface area (Å²) in [6.07, 6.45) is 7.61. The summed E-state index contributed by atoms with van der Waals surface area (Å²) in [4.78, 5) is 20.8. The molecule has 6 nitrogen and oxygen atoms in total. The fourth-order valence-corrected chi connectivity index (χ4v) is 3.70. The van der Waals surface area contributed by atoms with E-state index in [-0.39, 0.29) is 23.5 Å². The SMILES string of the molecule is CCCCCC(C)NC(=O)CSc1ncnc2c1cnn2-c1ccc(F)cc1. The van der Waals surface area contributed by atoms with Crippen molar-refractivity contribution in [3.63, 3.8) is 0 Å². The monoisotopic (exact) mass is 401 g/mol. The van der Waals surface area contributed by atoms with Crippen molar-refractivity contribution < 1.29 is 9.18 Å². The van der Waals surface area contributed by atoms with E-state index in [1.807, 2.05) is 6.92 Å². The van der Waals surface area contributed by atoms with Gasteiger partial charge in [-0.2, -0.15) is 5.10 Å². The Morgan fingerprint density at radius 3 is 2.79 bits per heavy atom. The van der Waals surface area contributed by atoms with Gasteiger partial charge in [-0.05, 0) is 37.6 Å². The Morgan fingerprint density at radius 1 is 1.25 bits per heavy atom. The smallest absolute Gasteiger partial charge is 0.230 e. The molecule has 1 unspecified atom stereocenters. The third-order valence-corrected chi connectivity index (χ3v) is 5.39. The van der Waals surface area contributed by atoms with E-state index in [1.165, 1.54) is 43.1 Å². The molecule has 148 valence electrons. The molecule has 0 aliphatic heterocycles. The van der Waals surface area contributed by atoms with E-state index >= 15 is 0 Å². The lowest BCUT2D eigenvalue weighted by Crippen LogP contribution is -2.33. The number of halogens is 1. The Morgan fingerprint density at radius 2 is 2.04 bits per heavy atom. The van der Waals surface area contributed by atoms with Crippen molar-refractivity contribution in [1.29, 1.82) is 0 Å². The van der Waals surface area contributed by atoms with E-state index in [0.717, 1.165) is 18.2 Å². The molecule has 28 heavy (non-hydrogen) atoms. The molecule has 8 heteroatoms. The summed E-state index contributed by atoms with van der Waals surface area (Å²) in [7, 11) is 0. The number of unbranched alkanes of at least 4 members (excludes halogenated alkanes) is 2. The van der Waals surface area contributed by atoms with Crippen LogP contribution < -0.4 is 5.32 Å². The molecule has 0 spiro atoms. The van der Waals surface area contributed by atoms with Crippen LogP contribution in [0, 0.1) is 5.82 Å². The first-order valence-corrected chi connectivity index (χ1v) is 10.4. The number of carbonyl (C=O) groups is 1. The molecule has 3 aromatic rings. The van der Waals surface area contributed by atoms with Crippen molar-refractivity contribution in [3.8, 4) is 5.69 Å². The van der Waals surface area contributed by atoms with Gasteiger partial charge in [-0.15, -0.1) is 0 Å². The number of amides is 1. The predicted octanol–water partition coefficient (Wildman–Crippen LogP) is 4.13. The number of hydrogen-bond donors (Lipinski definition) is 1. The second-order valence-corrected chi connectivity index (χ2v) is 7.67. The first-order valence-electron chi connectivity index (χ1n) is 9.45. The molecule has 0 aliphatic rings. The Balaban J connectivity index is 1.66. The Kier molecular flexibility index (Phi) is 6.97. The lowest BCUT2D eigenvalue weighted by molar-refractivity contribution is -0.119. The van der Waals surface area contributed by atoms with Gasteiger partial charge in [0.25, 0.3) is 0 Å². The number of thioether (sulfide) groups is 1. The topological polar surface area (TPSA) is 72.7 Å². The maximum Gasteiger partial charge on any atom is 0.230 e. The van der Waals surface area contributed by atoms with Crippen molar-refractivity contribution in [2.24, 2.45) is 0 Å². The zero-order valence-corrected chi connectivity index (χ0v) is 16.9. The summed E-state index contributed by atoms with van der Waals surface area (Å²) < 4.78 is 14.8. The largest absolute Gasteiger partial charge is 0.353 e. The molecule has 0 aliphatic carbocycles. The second kappa shape index (κ2) is 9.64. The molecular weight excluding hydrogens is 377 g/mol. The lowest BCUT2D eigenvalue weighted by atomic mass is 10.1. The highest BCUT2D eigenvalue weighted by molar-refractivity contribution is 8.00. The molecule has 1 atom stereocenters. The molecule has 1 N–H and O–H groups in total. The van der Waals surface area contributed by atoms with Crippen LogP contribution in [0.25, 0.3) is 16.7 Å². The van der Waals surface area contributed by atoms with Crippen LogP contribution in [-0.4, -0.2) is 37.5 Å². The summed E-state index contributed by atoms with van der Waals surface area (Å²) in [5.74, 6) is -0.0286. The Labute approximate surface area is 168 Å². The van der Waals surface area contributed by atoms with Gasteiger partial charge in [0.15, 0.2) is 5.65 Å². The fourth-order valence-electron chi connectivity index (χ4n) is 2.93. The molecule has 0 fully saturated rings. The summed E-state index contributed by atoms with van der Waals surface area (Å²) in [6, 6.07) is 6.22. The number of rotatable bonds is 9. The van der Waals surface area contributed by atoms with Gasteiger partial charge in [0.1, 0.15) is 17.2 Å². The van der Waals surface area contributed by atoms with Gasteiger partial charge < -0.3 is 5.32 Å². The number of aromatic nitrogens is 4. The molecule has 0 bridgehead atoms. The number of nitrogens with one attached hydrogen (secondary N) is 1. The number of hydrogen-bond acceptors (Lipinski definition) is 5. The normalized spacial score (nSPS) is 12.2. The van der Waals surface area contributed by atoms with Crippen LogP contribution in [0.2, 0.25) is 0 Å².